The van der Waals surface area contributed by atoms with Gasteiger partial charge in [0.05, 0.1) is 18.3 Å². The van der Waals surface area contributed by atoms with Crippen molar-refractivity contribution in [2.24, 2.45) is 0 Å². The fourth-order valence-corrected chi connectivity index (χ4v) is 2.28. The first-order chi connectivity index (χ1) is 9.95. The third-order valence-electron chi connectivity index (χ3n) is 2.50. The molecule has 0 radical (unpaired) electrons. The molecular formula is C11H14N6O3S. The zero-order chi connectivity index (χ0) is 15.4. The molecule has 0 spiro atoms. The third kappa shape index (κ3) is 4.05. The number of nitrogens with zero attached hydrogens (tertiary/aromatic N) is 5. The lowest BCUT2D eigenvalue weighted by Crippen LogP contribution is -2.21. The number of rotatable bonds is 6. The molecule has 9 nitrogen and oxygen atoms in total. The van der Waals surface area contributed by atoms with Crippen molar-refractivity contribution in [1.29, 1.82) is 0 Å². The van der Waals surface area contributed by atoms with Crippen LogP contribution in [0.15, 0.2) is 6.20 Å². The molecule has 0 bridgehead atoms. The van der Waals surface area contributed by atoms with E-state index in [1.807, 2.05) is 13.8 Å². The molecule has 2 rings (SSSR count). The molecule has 0 aliphatic rings. The first-order valence-electron chi connectivity index (χ1n) is 6.18. The smallest absolute Gasteiger partial charge is 0.309 e. The Balaban J connectivity index is 1.98. The number of carbonyl (C=O) groups is 2. The molecular weight excluding hydrogens is 296 g/mol. The number of aliphatic carboxylic acids is 1. The van der Waals surface area contributed by atoms with E-state index in [0.717, 1.165) is 5.01 Å². The first-order valence-corrected chi connectivity index (χ1v) is 6.99. The zero-order valence-corrected chi connectivity index (χ0v) is 12.3. The monoisotopic (exact) mass is 310 g/mol. The minimum atomic E-state index is -1.01. The lowest BCUT2D eigenvalue weighted by molar-refractivity contribution is -0.136. The average molecular weight is 310 g/mol. The highest BCUT2D eigenvalue weighted by atomic mass is 32.1. The molecule has 0 saturated heterocycles. The van der Waals surface area contributed by atoms with Gasteiger partial charge in [0.1, 0.15) is 11.6 Å². The standard InChI is InChI=1S/C11H14N6O3S/c1-6(2)10-14-15-11(21-10)13-8(18)5-17-7(3-9(19)20)4-12-16-17/h4,6H,3,5H2,1-2H3,(H,19,20)(H,13,15,18). The van der Waals surface area contributed by atoms with E-state index in [2.05, 4.69) is 25.8 Å². The van der Waals surface area contributed by atoms with Crippen LogP contribution in [0.2, 0.25) is 0 Å². The summed E-state index contributed by atoms with van der Waals surface area (Å²) in [6, 6.07) is 0. The van der Waals surface area contributed by atoms with Crippen LogP contribution in [0.5, 0.6) is 0 Å². The van der Waals surface area contributed by atoms with E-state index in [0.29, 0.717) is 10.8 Å². The second kappa shape index (κ2) is 6.39. The number of carbonyl (C=O) groups excluding carboxylic acids is 1. The Bertz CT molecular complexity index is 650. The minimum Gasteiger partial charge on any atom is -0.481 e. The maximum absolute atomic E-state index is 11.9. The van der Waals surface area contributed by atoms with E-state index in [1.165, 1.54) is 22.2 Å². The maximum atomic E-state index is 11.9. The van der Waals surface area contributed by atoms with E-state index >= 15 is 0 Å². The van der Waals surface area contributed by atoms with Gasteiger partial charge in [-0.05, 0) is 0 Å². The molecule has 0 fully saturated rings. The summed E-state index contributed by atoms with van der Waals surface area (Å²) in [7, 11) is 0. The van der Waals surface area contributed by atoms with Crippen LogP contribution in [-0.2, 0) is 22.6 Å². The molecule has 21 heavy (non-hydrogen) atoms. The first kappa shape index (κ1) is 15.0. The normalized spacial score (nSPS) is 10.8. The molecule has 0 aromatic carbocycles. The van der Waals surface area contributed by atoms with Crippen molar-refractivity contribution in [3.05, 3.63) is 16.9 Å². The topological polar surface area (TPSA) is 123 Å². The van der Waals surface area contributed by atoms with Gasteiger partial charge in [-0.3, -0.25) is 14.9 Å². The molecule has 0 aliphatic carbocycles. The molecule has 2 aromatic rings. The summed E-state index contributed by atoms with van der Waals surface area (Å²) in [6.07, 6.45) is 1.08. The summed E-state index contributed by atoms with van der Waals surface area (Å²) in [6.45, 7) is 3.85. The number of hydrogen-bond acceptors (Lipinski definition) is 7. The van der Waals surface area contributed by atoms with Gasteiger partial charge in [0.15, 0.2) is 0 Å². The van der Waals surface area contributed by atoms with E-state index < -0.39 is 5.97 Å². The minimum absolute atomic E-state index is 0.126. The van der Waals surface area contributed by atoms with E-state index in [-0.39, 0.29) is 24.8 Å². The molecule has 10 heteroatoms. The quantitative estimate of drug-likeness (QED) is 0.797. The van der Waals surface area contributed by atoms with E-state index in [1.54, 1.807) is 0 Å². The van der Waals surface area contributed by atoms with Gasteiger partial charge < -0.3 is 5.11 Å². The van der Waals surface area contributed by atoms with Crippen LogP contribution >= 0.6 is 11.3 Å². The Kier molecular flexibility index (Phi) is 4.58. The predicted molar refractivity (Wildman–Crippen MR) is 74.0 cm³/mol. The number of carboxylic acid groups (broad SMARTS) is 1. The van der Waals surface area contributed by atoms with Crippen LogP contribution < -0.4 is 5.32 Å². The Labute approximate surface area is 124 Å². The lowest BCUT2D eigenvalue weighted by Gasteiger charge is -2.04. The van der Waals surface area contributed by atoms with Crippen molar-refractivity contribution in [1.82, 2.24) is 25.2 Å². The zero-order valence-electron chi connectivity index (χ0n) is 11.5. The lowest BCUT2D eigenvalue weighted by atomic mass is 10.2. The summed E-state index contributed by atoms with van der Waals surface area (Å²) in [5.41, 5.74) is 0.359. The molecule has 2 aromatic heterocycles. The van der Waals surface area contributed by atoms with E-state index in [9.17, 15) is 9.59 Å². The fraction of sp³-hybridized carbons (Fsp3) is 0.455. The highest BCUT2D eigenvalue weighted by Crippen LogP contribution is 2.22. The van der Waals surface area contributed by atoms with Crippen LogP contribution in [0.25, 0.3) is 0 Å². The Hall–Kier alpha value is -2.36. The van der Waals surface area contributed by atoms with Crippen molar-refractivity contribution in [3.63, 3.8) is 0 Å². The van der Waals surface area contributed by atoms with Gasteiger partial charge >= 0.3 is 5.97 Å². The molecule has 0 aliphatic heterocycles. The maximum Gasteiger partial charge on any atom is 0.309 e. The fourth-order valence-electron chi connectivity index (χ4n) is 1.52. The SMILES string of the molecule is CC(C)c1nnc(NC(=O)Cn2nncc2CC(=O)O)s1. The second-order valence-corrected chi connectivity index (χ2v) is 5.61. The number of amides is 1. The van der Waals surface area contributed by atoms with Gasteiger partial charge in [-0.2, -0.15) is 0 Å². The molecule has 112 valence electrons. The number of anilines is 1. The molecule has 2 heterocycles. The van der Waals surface area contributed by atoms with Gasteiger partial charge in [-0.25, -0.2) is 4.68 Å². The number of carboxylic acids is 1. The number of aromatic nitrogens is 5. The molecule has 0 saturated carbocycles. The van der Waals surface area contributed by atoms with Crippen LogP contribution in [-0.4, -0.2) is 42.2 Å². The van der Waals surface area contributed by atoms with Gasteiger partial charge in [-0.1, -0.05) is 30.4 Å². The van der Waals surface area contributed by atoms with Crippen molar-refractivity contribution in [2.75, 3.05) is 5.32 Å². The van der Waals surface area contributed by atoms with Gasteiger partial charge in [0.25, 0.3) is 0 Å². The highest BCUT2D eigenvalue weighted by Gasteiger charge is 2.14. The van der Waals surface area contributed by atoms with Gasteiger partial charge in [-0.15, -0.1) is 15.3 Å². The summed E-state index contributed by atoms with van der Waals surface area (Å²) in [4.78, 5) is 22.6. The molecule has 0 atom stereocenters. The Morgan fingerprint density at radius 3 is 2.81 bits per heavy atom. The van der Waals surface area contributed by atoms with Crippen molar-refractivity contribution in [3.8, 4) is 0 Å². The Morgan fingerprint density at radius 2 is 2.19 bits per heavy atom. The average Bonchev–Trinajstić information content (AvgIpc) is 2.99. The third-order valence-corrected chi connectivity index (χ3v) is 3.64. The largest absolute Gasteiger partial charge is 0.481 e. The van der Waals surface area contributed by atoms with Crippen LogP contribution in [0.1, 0.15) is 30.5 Å². The van der Waals surface area contributed by atoms with Crippen LogP contribution in [0, 0.1) is 0 Å². The number of nitrogens with one attached hydrogen (secondary N) is 1. The molecule has 2 N–H and O–H groups in total. The van der Waals surface area contributed by atoms with Crippen molar-refractivity contribution < 1.29 is 14.7 Å². The van der Waals surface area contributed by atoms with Crippen molar-refractivity contribution in [2.45, 2.75) is 32.7 Å². The van der Waals surface area contributed by atoms with Crippen molar-refractivity contribution >= 4 is 28.3 Å². The second-order valence-electron chi connectivity index (χ2n) is 4.60. The Morgan fingerprint density at radius 1 is 1.43 bits per heavy atom. The summed E-state index contributed by atoms with van der Waals surface area (Å²) >= 11 is 1.30. The number of hydrogen-bond donors (Lipinski definition) is 2. The predicted octanol–water partition coefficient (Wildman–Crippen LogP) is 0.519. The van der Waals surface area contributed by atoms with Crippen LogP contribution in [0.4, 0.5) is 5.13 Å². The summed E-state index contributed by atoms with van der Waals surface area (Å²) < 4.78 is 1.24. The van der Waals surface area contributed by atoms with Gasteiger partial charge in [0, 0.05) is 5.92 Å². The van der Waals surface area contributed by atoms with Gasteiger partial charge in [0.2, 0.25) is 11.0 Å². The molecule has 0 unspecified atom stereocenters. The summed E-state index contributed by atoms with van der Waals surface area (Å²) in [5.74, 6) is -1.13. The van der Waals surface area contributed by atoms with E-state index in [4.69, 9.17) is 5.11 Å². The highest BCUT2D eigenvalue weighted by molar-refractivity contribution is 7.15. The molecule has 1 amide bonds. The summed E-state index contributed by atoms with van der Waals surface area (Å²) in [5, 5.41) is 27.7. The van der Waals surface area contributed by atoms with Crippen LogP contribution in [0.3, 0.4) is 0 Å².